The number of nitrogens with two attached hydrogens (primary N) is 1. The molecule has 1 fully saturated rings. The van der Waals surface area contributed by atoms with Crippen LogP contribution in [0.3, 0.4) is 0 Å². The van der Waals surface area contributed by atoms with E-state index in [2.05, 4.69) is 15.9 Å². The van der Waals surface area contributed by atoms with Gasteiger partial charge in [-0.1, -0.05) is 12.5 Å². The minimum Gasteiger partial charge on any atom is -0.492 e. The van der Waals surface area contributed by atoms with Gasteiger partial charge in [0, 0.05) is 0 Å². The molecule has 2 rings (SSSR count). The van der Waals surface area contributed by atoms with Crippen LogP contribution in [-0.2, 0) is 11.2 Å². The lowest BCUT2D eigenvalue weighted by atomic mass is 9.86. The molecule has 3 N–H and O–H groups in total. The fourth-order valence-electron chi connectivity index (χ4n) is 2.00. The summed E-state index contributed by atoms with van der Waals surface area (Å²) in [6.07, 6.45) is 4.13. The zero-order valence-electron chi connectivity index (χ0n) is 10.6. The first kappa shape index (κ1) is 14.3. The summed E-state index contributed by atoms with van der Waals surface area (Å²) in [5.74, 6) is 0.507. The second kappa shape index (κ2) is 6.39. The molecule has 1 aromatic rings. The van der Waals surface area contributed by atoms with Gasteiger partial charge in [0.1, 0.15) is 11.8 Å². The molecule has 0 spiro atoms. The fourth-order valence-corrected chi connectivity index (χ4v) is 2.54. The van der Waals surface area contributed by atoms with Crippen LogP contribution in [0.1, 0.15) is 24.8 Å². The quantitative estimate of drug-likeness (QED) is 0.842. The number of halogens is 1. The largest absolute Gasteiger partial charge is 0.492 e. The number of aliphatic carboxylic acids is 1. The maximum atomic E-state index is 10.7. The Hall–Kier alpha value is -1.07. The van der Waals surface area contributed by atoms with Gasteiger partial charge < -0.3 is 15.6 Å². The molecule has 19 heavy (non-hydrogen) atoms. The maximum Gasteiger partial charge on any atom is 0.320 e. The Morgan fingerprint density at radius 3 is 2.79 bits per heavy atom. The second-order valence-corrected chi connectivity index (χ2v) is 5.88. The lowest BCUT2D eigenvalue weighted by Crippen LogP contribution is -2.32. The van der Waals surface area contributed by atoms with Gasteiger partial charge in [-0.05, 0) is 58.8 Å². The summed E-state index contributed by atoms with van der Waals surface area (Å²) in [5.41, 5.74) is 6.40. The van der Waals surface area contributed by atoms with Gasteiger partial charge in [0.25, 0.3) is 0 Å². The van der Waals surface area contributed by atoms with Crippen molar-refractivity contribution in [3.8, 4) is 5.75 Å². The van der Waals surface area contributed by atoms with E-state index in [0.29, 0.717) is 12.3 Å². The Balaban J connectivity index is 1.93. The van der Waals surface area contributed by atoms with E-state index in [0.717, 1.165) is 22.4 Å². The predicted molar refractivity (Wildman–Crippen MR) is 76.3 cm³/mol. The number of benzene rings is 1. The standard InChI is InChI=1S/C14H18BrNO3/c15-11-6-10(7-12(16)14(17)18)4-5-13(11)19-8-9-2-1-3-9/h4-6,9,12H,1-3,7-8,16H2,(H,17,18). The van der Waals surface area contributed by atoms with Crippen molar-refractivity contribution in [2.45, 2.75) is 31.7 Å². The number of hydrogen-bond donors (Lipinski definition) is 2. The molecule has 0 aliphatic heterocycles. The molecule has 4 nitrogen and oxygen atoms in total. The molecule has 1 atom stereocenters. The lowest BCUT2D eigenvalue weighted by molar-refractivity contribution is -0.138. The molecule has 0 heterocycles. The summed E-state index contributed by atoms with van der Waals surface area (Å²) in [5, 5.41) is 8.78. The lowest BCUT2D eigenvalue weighted by Gasteiger charge is -2.25. The van der Waals surface area contributed by atoms with E-state index in [1.807, 2.05) is 18.2 Å². The molecule has 104 valence electrons. The van der Waals surface area contributed by atoms with Crippen molar-refractivity contribution in [1.29, 1.82) is 0 Å². The minimum atomic E-state index is -0.985. The molecular formula is C14H18BrNO3. The van der Waals surface area contributed by atoms with E-state index in [9.17, 15) is 4.79 Å². The predicted octanol–water partition coefficient (Wildman–Crippen LogP) is 2.58. The van der Waals surface area contributed by atoms with Gasteiger partial charge in [-0.2, -0.15) is 0 Å². The highest BCUT2D eigenvalue weighted by Gasteiger charge is 2.18. The first-order valence-corrected chi connectivity index (χ1v) is 7.25. The van der Waals surface area contributed by atoms with Gasteiger partial charge >= 0.3 is 5.97 Å². The Labute approximate surface area is 121 Å². The number of carboxylic acids is 1. The Morgan fingerprint density at radius 2 is 2.26 bits per heavy atom. The van der Waals surface area contributed by atoms with Crippen molar-refractivity contribution in [3.05, 3.63) is 28.2 Å². The van der Waals surface area contributed by atoms with Gasteiger partial charge in [0.2, 0.25) is 0 Å². The van der Waals surface area contributed by atoms with Gasteiger partial charge in [0.05, 0.1) is 11.1 Å². The van der Waals surface area contributed by atoms with Crippen molar-refractivity contribution >= 4 is 21.9 Å². The highest BCUT2D eigenvalue weighted by molar-refractivity contribution is 9.10. The molecule has 0 aromatic heterocycles. The first-order valence-electron chi connectivity index (χ1n) is 6.46. The third-order valence-electron chi connectivity index (χ3n) is 3.47. The molecule has 1 aliphatic rings. The summed E-state index contributed by atoms with van der Waals surface area (Å²) < 4.78 is 6.60. The number of carbonyl (C=O) groups is 1. The SMILES string of the molecule is NC(Cc1ccc(OCC2CCC2)c(Br)c1)C(=O)O. The van der Waals surface area contributed by atoms with Crippen LogP contribution in [0.15, 0.2) is 22.7 Å². The van der Waals surface area contributed by atoms with E-state index in [1.165, 1.54) is 19.3 Å². The Morgan fingerprint density at radius 1 is 1.53 bits per heavy atom. The molecule has 1 saturated carbocycles. The summed E-state index contributed by atoms with van der Waals surface area (Å²) in [6, 6.07) is 4.74. The molecule has 1 unspecified atom stereocenters. The van der Waals surface area contributed by atoms with Crippen molar-refractivity contribution < 1.29 is 14.6 Å². The highest BCUT2D eigenvalue weighted by atomic mass is 79.9. The molecule has 5 heteroatoms. The normalized spacial score (nSPS) is 16.7. The summed E-state index contributed by atoms with van der Waals surface area (Å²) in [4.78, 5) is 10.7. The fraction of sp³-hybridized carbons (Fsp3) is 0.500. The zero-order valence-corrected chi connectivity index (χ0v) is 12.2. The van der Waals surface area contributed by atoms with Crippen LogP contribution in [-0.4, -0.2) is 23.7 Å². The smallest absolute Gasteiger partial charge is 0.320 e. The number of carboxylic acid groups (broad SMARTS) is 1. The first-order chi connectivity index (χ1) is 9.06. The second-order valence-electron chi connectivity index (χ2n) is 5.02. The third-order valence-corrected chi connectivity index (χ3v) is 4.09. The van der Waals surface area contributed by atoms with Gasteiger partial charge in [-0.3, -0.25) is 4.79 Å². The molecule has 0 bridgehead atoms. The molecule has 1 aliphatic carbocycles. The summed E-state index contributed by atoms with van der Waals surface area (Å²) in [6.45, 7) is 0.757. The van der Waals surface area contributed by atoms with Crippen LogP contribution in [0, 0.1) is 5.92 Å². The van der Waals surface area contributed by atoms with E-state index >= 15 is 0 Å². The Kier molecular flexibility index (Phi) is 4.82. The molecule has 0 amide bonds. The van der Waals surface area contributed by atoms with Crippen LogP contribution in [0.25, 0.3) is 0 Å². The van der Waals surface area contributed by atoms with E-state index in [4.69, 9.17) is 15.6 Å². The zero-order chi connectivity index (χ0) is 13.8. The van der Waals surface area contributed by atoms with Crippen LogP contribution in [0.5, 0.6) is 5.75 Å². The van der Waals surface area contributed by atoms with Crippen LogP contribution < -0.4 is 10.5 Å². The van der Waals surface area contributed by atoms with Gasteiger partial charge in [0.15, 0.2) is 0 Å². The Bertz CT molecular complexity index is 460. The topological polar surface area (TPSA) is 72.5 Å². The van der Waals surface area contributed by atoms with Crippen LogP contribution in [0.4, 0.5) is 0 Å². The molecule has 0 saturated heterocycles. The van der Waals surface area contributed by atoms with E-state index in [1.54, 1.807) is 0 Å². The molecule has 0 radical (unpaired) electrons. The number of rotatable bonds is 6. The van der Waals surface area contributed by atoms with Crippen molar-refractivity contribution in [2.75, 3.05) is 6.61 Å². The van der Waals surface area contributed by atoms with E-state index < -0.39 is 12.0 Å². The van der Waals surface area contributed by atoms with Gasteiger partial charge in [-0.25, -0.2) is 0 Å². The monoisotopic (exact) mass is 327 g/mol. The van der Waals surface area contributed by atoms with Crippen LogP contribution >= 0.6 is 15.9 Å². The molecule has 1 aromatic carbocycles. The van der Waals surface area contributed by atoms with Gasteiger partial charge in [-0.15, -0.1) is 0 Å². The maximum absolute atomic E-state index is 10.7. The third kappa shape index (κ3) is 3.94. The van der Waals surface area contributed by atoms with E-state index in [-0.39, 0.29) is 0 Å². The number of hydrogen-bond acceptors (Lipinski definition) is 3. The van der Waals surface area contributed by atoms with Crippen LogP contribution in [0.2, 0.25) is 0 Å². The summed E-state index contributed by atoms with van der Waals surface area (Å²) >= 11 is 3.45. The minimum absolute atomic E-state index is 0.316. The average molecular weight is 328 g/mol. The highest BCUT2D eigenvalue weighted by Crippen LogP contribution is 2.30. The molecular weight excluding hydrogens is 310 g/mol. The van der Waals surface area contributed by atoms with Crippen molar-refractivity contribution in [1.82, 2.24) is 0 Å². The summed E-state index contributed by atoms with van der Waals surface area (Å²) in [7, 11) is 0. The van der Waals surface area contributed by atoms with Crippen molar-refractivity contribution in [2.24, 2.45) is 11.7 Å². The van der Waals surface area contributed by atoms with Crippen molar-refractivity contribution in [3.63, 3.8) is 0 Å². The number of ether oxygens (including phenoxy) is 1. The average Bonchev–Trinajstić information content (AvgIpc) is 2.29.